The highest BCUT2D eigenvalue weighted by Gasteiger charge is 1.90. The monoisotopic (exact) mass is 512 g/mol. The maximum absolute atomic E-state index is 9.55. The summed E-state index contributed by atoms with van der Waals surface area (Å²) in [5, 5.41) is 40.3. The van der Waals surface area contributed by atoms with Gasteiger partial charge in [-0.2, -0.15) is 37.9 Å². The molecule has 0 saturated carbocycles. The van der Waals surface area contributed by atoms with Crippen LogP contribution in [0.25, 0.3) is 0 Å². The Balaban J connectivity index is -0.000000171. The van der Waals surface area contributed by atoms with Crippen LogP contribution in [0.15, 0.2) is 0 Å². The molecule has 0 bridgehead atoms. The number of hydrogen-bond donors (Lipinski definition) is 8. The van der Waals surface area contributed by atoms with E-state index in [2.05, 4.69) is 37.9 Å². The first-order valence-electron chi connectivity index (χ1n) is 9.16. The van der Waals surface area contributed by atoms with E-state index in [4.69, 9.17) is 39.7 Å². The molecule has 0 aliphatic carbocycles. The highest BCUT2D eigenvalue weighted by molar-refractivity contribution is 7.80. The summed E-state index contributed by atoms with van der Waals surface area (Å²) in [4.78, 5) is 28.7. The molecule has 0 saturated heterocycles. The van der Waals surface area contributed by atoms with Crippen LogP contribution in [0.4, 0.5) is 0 Å². The smallest absolute Gasteiger partial charge is 0.304 e. The van der Waals surface area contributed by atoms with E-state index < -0.39 is 17.9 Å². The Morgan fingerprint density at radius 1 is 0.516 bits per heavy atom. The standard InChI is InChI=1S/C8H18O5.3C3H6O2S/c9-1-3-11-5-7-13-8-6-12-4-2-10;3*4-3(5)1-2-6/h9-10H,1-8H2;3*6H,1-2H2,(H,4,5). The molecular formula is C17H36O11S3. The van der Waals surface area contributed by atoms with Crippen LogP contribution in [0.3, 0.4) is 0 Å². The van der Waals surface area contributed by atoms with Gasteiger partial charge in [-0.15, -0.1) is 0 Å². The summed E-state index contributed by atoms with van der Waals surface area (Å²) in [5.74, 6) is -1.08. The zero-order chi connectivity index (χ0) is 24.8. The van der Waals surface area contributed by atoms with Crippen LogP contribution >= 0.6 is 37.9 Å². The summed E-state index contributed by atoms with van der Waals surface area (Å²) < 4.78 is 15.0. The Hall–Kier alpha value is -0.740. The Kier molecular flexibility index (Phi) is 44.4. The number of aliphatic hydroxyl groups is 2. The first kappa shape index (κ1) is 37.6. The SMILES string of the molecule is O=C(O)CCS.O=C(O)CCS.O=C(O)CCS.OCCOCCOCCOCCO. The van der Waals surface area contributed by atoms with Crippen LogP contribution in [-0.2, 0) is 28.6 Å². The Morgan fingerprint density at radius 2 is 0.742 bits per heavy atom. The zero-order valence-corrected chi connectivity index (χ0v) is 20.1. The van der Waals surface area contributed by atoms with Crippen LogP contribution in [-0.4, -0.2) is 114 Å². The van der Waals surface area contributed by atoms with Gasteiger partial charge in [-0.3, -0.25) is 14.4 Å². The van der Waals surface area contributed by atoms with Crippen molar-refractivity contribution in [3.05, 3.63) is 0 Å². The Labute approximate surface area is 199 Å². The molecule has 0 spiro atoms. The molecule has 0 aromatic rings. The molecule has 0 atom stereocenters. The van der Waals surface area contributed by atoms with Gasteiger partial charge in [-0.25, -0.2) is 0 Å². The number of thiol groups is 3. The summed E-state index contributed by atoms with van der Waals surface area (Å²) in [7, 11) is 0. The van der Waals surface area contributed by atoms with Crippen molar-refractivity contribution in [3.8, 4) is 0 Å². The maximum Gasteiger partial charge on any atom is 0.304 e. The van der Waals surface area contributed by atoms with Crippen LogP contribution in [0, 0.1) is 0 Å². The van der Waals surface area contributed by atoms with Gasteiger partial charge in [0.05, 0.1) is 72.1 Å². The van der Waals surface area contributed by atoms with Gasteiger partial charge in [-0.05, 0) is 0 Å². The van der Waals surface area contributed by atoms with Gasteiger partial charge in [0.2, 0.25) is 0 Å². The fourth-order valence-corrected chi connectivity index (χ4v) is 1.53. The van der Waals surface area contributed by atoms with Gasteiger partial charge >= 0.3 is 17.9 Å². The molecule has 14 heteroatoms. The molecule has 0 unspecified atom stereocenters. The van der Waals surface area contributed by atoms with Crippen molar-refractivity contribution in [2.75, 3.05) is 70.1 Å². The second-order valence-electron chi connectivity index (χ2n) is 4.89. The quantitative estimate of drug-likeness (QED) is 0.104. The fourth-order valence-electron chi connectivity index (χ4n) is 0.958. The third-order valence-corrected chi connectivity index (χ3v) is 2.86. The highest BCUT2D eigenvalue weighted by Crippen LogP contribution is 1.81. The van der Waals surface area contributed by atoms with Crippen molar-refractivity contribution < 1.29 is 54.1 Å². The number of carboxylic acid groups (broad SMARTS) is 3. The predicted molar refractivity (Wildman–Crippen MR) is 125 cm³/mol. The summed E-state index contributed by atoms with van der Waals surface area (Å²) in [6.07, 6.45) is 0.468. The number of aliphatic carboxylic acids is 3. The van der Waals surface area contributed by atoms with Gasteiger partial charge in [0, 0.05) is 17.3 Å². The zero-order valence-electron chi connectivity index (χ0n) is 17.4. The second kappa shape index (κ2) is 36.6. The molecule has 31 heavy (non-hydrogen) atoms. The largest absolute Gasteiger partial charge is 0.481 e. The van der Waals surface area contributed by atoms with E-state index in [1.54, 1.807) is 0 Å². The minimum absolute atomic E-state index is 0.0413. The van der Waals surface area contributed by atoms with Gasteiger partial charge in [-0.1, -0.05) is 0 Å². The Morgan fingerprint density at radius 3 is 0.871 bits per heavy atom. The average Bonchev–Trinajstić information content (AvgIpc) is 2.68. The molecule has 0 aliphatic heterocycles. The first-order chi connectivity index (χ1) is 14.7. The molecular weight excluding hydrogens is 476 g/mol. The molecule has 5 N–H and O–H groups in total. The fraction of sp³-hybridized carbons (Fsp3) is 0.824. The highest BCUT2D eigenvalue weighted by atomic mass is 32.1. The van der Waals surface area contributed by atoms with Gasteiger partial charge < -0.3 is 39.7 Å². The van der Waals surface area contributed by atoms with Crippen molar-refractivity contribution in [2.45, 2.75) is 19.3 Å². The molecule has 0 fully saturated rings. The van der Waals surface area contributed by atoms with Crippen LogP contribution < -0.4 is 0 Å². The molecule has 11 nitrogen and oxygen atoms in total. The molecule has 0 aromatic carbocycles. The van der Waals surface area contributed by atoms with Crippen molar-refractivity contribution in [1.29, 1.82) is 0 Å². The summed E-state index contributed by atoms with van der Waals surface area (Å²) in [6, 6.07) is 0. The number of carboxylic acids is 3. The molecule has 0 aromatic heterocycles. The van der Waals surface area contributed by atoms with E-state index in [0.29, 0.717) is 56.9 Å². The Bertz CT molecular complexity index is 340. The molecule has 188 valence electrons. The van der Waals surface area contributed by atoms with Gasteiger partial charge in [0.15, 0.2) is 0 Å². The third kappa shape index (κ3) is 65.2. The maximum atomic E-state index is 9.55. The molecule has 0 heterocycles. The average molecular weight is 513 g/mol. The van der Waals surface area contributed by atoms with Crippen LogP contribution in [0.1, 0.15) is 19.3 Å². The second-order valence-corrected chi connectivity index (χ2v) is 6.23. The molecule has 0 rings (SSSR count). The lowest BCUT2D eigenvalue weighted by molar-refractivity contribution is -0.137. The molecule has 0 radical (unpaired) electrons. The lowest BCUT2D eigenvalue weighted by atomic mass is 10.5. The lowest BCUT2D eigenvalue weighted by Gasteiger charge is -2.04. The van der Waals surface area contributed by atoms with E-state index >= 15 is 0 Å². The molecule has 0 amide bonds. The van der Waals surface area contributed by atoms with E-state index in [9.17, 15) is 14.4 Å². The summed E-state index contributed by atoms with van der Waals surface area (Å²) in [6.45, 7) is 2.76. The van der Waals surface area contributed by atoms with Crippen LogP contribution in [0.5, 0.6) is 0 Å². The topological polar surface area (TPSA) is 180 Å². The molecule has 0 aliphatic rings. The number of ether oxygens (including phenoxy) is 3. The van der Waals surface area contributed by atoms with E-state index in [-0.39, 0.29) is 32.5 Å². The van der Waals surface area contributed by atoms with Crippen LogP contribution in [0.2, 0.25) is 0 Å². The third-order valence-electron chi connectivity index (χ3n) is 2.19. The lowest BCUT2D eigenvalue weighted by Crippen LogP contribution is -2.11. The van der Waals surface area contributed by atoms with Gasteiger partial charge in [0.25, 0.3) is 0 Å². The van der Waals surface area contributed by atoms with Crippen molar-refractivity contribution in [1.82, 2.24) is 0 Å². The minimum Gasteiger partial charge on any atom is -0.481 e. The van der Waals surface area contributed by atoms with Crippen molar-refractivity contribution in [2.24, 2.45) is 0 Å². The number of aliphatic hydroxyl groups excluding tert-OH is 2. The van der Waals surface area contributed by atoms with Crippen molar-refractivity contribution in [3.63, 3.8) is 0 Å². The summed E-state index contributed by atoms with van der Waals surface area (Å²) >= 11 is 11.0. The summed E-state index contributed by atoms with van der Waals surface area (Å²) in [5.41, 5.74) is 0. The van der Waals surface area contributed by atoms with Crippen molar-refractivity contribution >= 4 is 55.8 Å². The van der Waals surface area contributed by atoms with E-state index in [1.165, 1.54) is 0 Å². The minimum atomic E-state index is -0.787. The normalized spacial score (nSPS) is 9.19. The number of carbonyl (C=O) groups is 3. The predicted octanol–water partition coefficient (Wildman–Crippen LogP) is 0.194. The number of hydrogen-bond acceptors (Lipinski definition) is 11. The number of rotatable bonds is 16. The first-order valence-corrected chi connectivity index (χ1v) is 11.1. The van der Waals surface area contributed by atoms with Gasteiger partial charge in [0.1, 0.15) is 0 Å². The van der Waals surface area contributed by atoms with E-state index in [0.717, 1.165) is 0 Å². The van der Waals surface area contributed by atoms with E-state index in [1.807, 2.05) is 0 Å².